The minimum atomic E-state index is 0.0283. The first kappa shape index (κ1) is 25.4. The molecule has 9 heteroatoms. The number of pyridine rings is 1. The molecule has 2 saturated heterocycles. The SMILES string of the molecule is CN1CCOC(c2ccc(Nc3ncc4cc(C5CC5)c(=O)n(Cc5ccoc5C5CCOCC5)c4n3)cc2)C1. The number of fused-ring (bicyclic) bond motifs is 1. The van der Waals surface area contributed by atoms with Crippen LogP contribution in [0.3, 0.4) is 0 Å². The number of likely N-dealkylation sites (N-methyl/N-ethyl adjacent to an activating group) is 1. The molecule has 2 aliphatic heterocycles. The molecule has 40 heavy (non-hydrogen) atoms. The zero-order valence-corrected chi connectivity index (χ0v) is 22.8. The number of rotatable bonds is 7. The van der Waals surface area contributed by atoms with Crippen LogP contribution in [0.25, 0.3) is 11.0 Å². The molecule has 4 aromatic rings. The topological polar surface area (TPSA) is 94.7 Å². The van der Waals surface area contributed by atoms with Gasteiger partial charge in [-0.15, -0.1) is 0 Å². The summed E-state index contributed by atoms with van der Waals surface area (Å²) in [5.41, 5.74) is 4.58. The van der Waals surface area contributed by atoms with E-state index in [-0.39, 0.29) is 11.7 Å². The summed E-state index contributed by atoms with van der Waals surface area (Å²) in [6.07, 6.45) is 7.60. The van der Waals surface area contributed by atoms with E-state index in [0.717, 1.165) is 92.1 Å². The molecule has 1 aromatic carbocycles. The van der Waals surface area contributed by atoms with Crippen LogP contribution in [-0.2, 0) is 16.0 Å². The van der Waals surface area contributed by atoms with Crippen LogP contribution >= 0.6 is 0 Å². The van der Waals surface area contributed by atoms with E-state index < -0.39 is 0 Å². The first-order valence-electron chi connectivity index (χ1n) is 14.3. The molecule has 0 spiro atoms. The molecule has 7 rings (SSSR count). The summed E-state index contributed by atoms with van der Waals surface area (Å²) in [6, 6.07) is 12.2. The van der Waals surface area contributed by atoms with Gasteiger partial charge < -0.3 is 24.1 Å². The summed E-state index contributed by atoms with van der Waals surface area (Å²) < 4.78 is 19.3. The fourth-order valence-electron chi connectivity index (χ4n) is 5.93. The molecule has 1 saturated carbocycles. The molecule has 0 radical (unpaired) electrons. The average molecular weight is 542 g/mol. The number of nitrogens with one attached hydrogen (secondary N) is 1. The maximum absolute atomic E-state index is 13.8. The molecular weight excluding hydrogens is 506 g/mol. The Kier molecular flexibility index (Phi) is 6.87. The van der Waals surface area contributed by atoms with Gasteiger partial charge in [-0.1, -0.05) is 12.1 Å². The van der Waals surface area contributed by atoms with Crippen molar-refractivity contribution in [2.24, 2.45) is 0 Å². The second kappa shape index (κ2) is 10.8. The van der Waals surface area contributed by atoms with Crippen LogP contribution in [0.15, 0.2) is 58.1 Å². The van der Waals surface area contributed by atoms with Crippen molar-refractivity contribution in [2.45, 2.75) is 50.2 Å². The first-order valence-corrected chi connectivity index (χ1v) is 14.3. The maximum atomic E-state index is 13.8. The minimum absolute atomic E-state index is 0.0283. The molecule has 5 heterocycles. The van der Waals surface area contributed by atoms with Gasteiger partial charge in [0.05, 0.1) is 25.5 Å². The minimum Gasteiger partial charge on any atom is -0.469 e. The zero-order valence-electron chi connectivity index (χ0n) is 22.8. The summed E-state index contributed by atoms with van der Waals surface area (Å²) in [4.78, 5) is 25.5. The van der Waals surface area contributed by atoms with Gasteiger partial charge in [-0.2, -0.15) is 4.98 Å². The Morgan fingerprint density at radius 2 is 1.85 bits per heavy atom. The molecule has 3 fully saturated rings. The summed E-state index contributed by atoms with van der Waals surface area (Å²) in [7, 11) is 2.12. The molecule has 9 nitrogen and oxygen atoms in total. The highest BCUT2D eigenvalue weighted by atomic mass is 16.5. The van der Waals surface area contributed by atoms with Crippen molar-refractivity contribution in [3.8, 4) is 0 Å². The molecule has 1 atom stereocenters. The fourth-order valence-corrected chi connectivity index (χ4v) is 5.93. The van der Waals surface area contributed by atoms with E-state index in [1.807, 2.05) is 35.0 Å². The van der Waals surface area contributed by atoms with Crippen molar-refractivity contribution < 1.29 is 13.9 Å². The van der Waals surface area contributed by atoms with E-state index in [0.29, 0.717) is 30.0 Å². The lowest BCUT2D eigenvalue weighted by Crippen LogP contribution is -2.35. The van der Waals surface area contributed by atoms with E-state index in [4.69, 9.17) is 18.9 Å². The zero-order chi connectivity index (χ0) is 27.1. The third kappa shape index (κ3) is 5.16. The van der Waals surface area contributed by atoms with Gasteiger partial charge in [0.25, 0.3) is 5.56 Å². The molecule has 0 bridgehead atoms. The van der Waals surface area contributed by atoms with Gasteiger partial charge >= 0.3 is 0 Å². The van der Waals surface area contributed by atoms with Gasteiger partial charge in [0.15, 0.2) is 0 Å². The van der Waals surface area contributed by atoms with Gasteiger partial charge in [-0.25, -0.2) is 4.98 Å². The maximum Gasteiger partial charge on any atom is 0.256 e. The second-order valence-electron chi connectivity index (χ2n) is 11.3. The van der Waals surface area contributed by atoms with E-state index >= 15 is 0 Å². The van der Waals surface area contributed by atoms with Gasteiger partial charge in [0.2, 0.25) is 5.95 Å². The molecule has 3 aromatic heterocycles. The third-order valence-corrected chi connectivity index (χ3v) is 8.38. The number of morpholine rings is 1. The van der Waals surface area contributed by atoms with Gasteiger partial charge in [-0.3, -0.25) is 9.36 Å². The number of ether oxygens (including phenoxy) is 2. The summed E-state index contributed by atoms with van der Waals surface area (Å²) in [6.45, 7) is 4.47. The molecular formula is C31H35N5O4. The smallest absolute Gasteiger partial charge is 0.256 e. The second-order valence-corrected chi connectivity index (χ2v) is 11.3. The Morgan fingerprint density at radius 3 is 2.62 bits per heavy atom. The Hall–Kier alpha value is -3.53. The van der Waals surface area contributed by atoms with Crippen molar-refractivity contribution in [3.05, 3.63) is 81.7 Å². The van der Waals surface area contributed by atoms with Crippen LogP contribution in [0.4, 0.5) is 11.6 Å². The van der Waals surface area contributed by atoms with E-state index in [1.165, 1.54) is 0 Å². The fraction of sp³-hybridized carbons (Fsp3) is 0.452. The molecule has 1 aliphatic carbocycles. The third-order valence-electron chi connectivity index (χ3n) is 8.38. The largest absolute Gasteiger partial charge is 0.469 e. The van der Waals surface area contributed by atoms with Crippen molar-refractivity contribution in [1.29, 1.82) is 0 Å². The Labute approximate surface area is 233 Å². The van der Waals surface area contributed by atoms with Crippen molar-refractivity contribution in [1.82, 2.24) is 19.4 Å². The lowest BCUT2D eigenvalue weighted by atomic mass is 9.94. The van der Waals surface area contributed by atoms with Crippen LogP contribution in [0.5, 0.6) is 0 Å². The van der Waals surface area contributed by atoms with Crippen LogP contribution in [0, 0.1) is 0 Å². The monoisotopic (exact) mass is 541 g/mol. The number of aromatic nitrogens is 3. The summed E-state index contributed by atoms with van der Waals surface area (Å²) in [5, 5.41) is 4.20. The van der Waals surface area contributed by atoms with Crippen LogP contribution in [0.2, 0.25) is 0 Å². The van der Waals surface area contributed by atoms with Gasteiger partial charge in [0.1, 0.15) is 11.4 Å². The van der Waals surface area contributed by atoms with E-state index in [2.05, 4.69) is 34.4 Å². The normalized spacial score (nSPS) is 20.7. The van der Waals surface area contributed by atoms with Crippen molar-refractivity contribution in [2.75, 3.05) is 45.3 Å². The highest BCUT2D eigenvalue weighted by molar-refractivity contribution is 5.77. The number of furan rings is 1. The Balaban J connectivity index is 1.19. The summed E-state index contributed by atoms with van der Waals surface area (Å²) in [5.74, 6) is 2.05. The first-order chi connectivity index (χ1) is 19.6. The number of anilines is 2. The predicted octanol–water partition coefficient (Wildman–Crippen LogP) is 4.95. The van der Waals surface area contributed by atoms with Crippen LogP contribution < -0.4 is 10.9 Å². The quantitative estimate of drug-likeness (QED) is 0.351. The highest BCUT2D eigenvalue weighted by Crippen LogP contribution is 2.39. The number of hydrogen-bond acceptors (Lipinski definition) is 8. The van der Waals surface area contributed by atoms with Crippen LogP contribution in [-0.4, -0.2) is 59.4 Å². The predicted molar refractivity (Wildman–Crippen MR) is 152 cm³/mol. The highest BCUT2D eigenvalue weighted by Gasteiger charge is 2.29. The van der Waals surface area contributed by atoms with Crippen molar-refractivity contribution in [3.63, 3.8) is 0 Å². The van der Waals surface area contributed by atoms with Gasteiger partial charge in [-0.05, 0) is 68.5 Å². The number of benzene rings is 1. The Morgan fingerprint density at radius 1 is 1.02 bits per heavy atom. The standard InChI is InChI=1S/C31H35N5O4/c1-35-11-15-39-27(19-35)21-4-6-25(7-5-21)33-31-32-17-24-16-26(20-2-3-20)30(37)36(29(24)34-31)18-23-10-14-40-28(23)22-8-12-38-13-9-22/h4-7,10,14,16-17,20,22,27H,2-3,8-9,11-13,15,18-19H2,1H3,(H,32,33,34). The van der Waals surface area contributed by atoms with E-state index in [9.17, 15) is 4.79 Å². The average Bonchev–Trinajstić information content (AvgIpc) is 3.72. The number of hydrogen-bond donors (Lipinski definition) is 1. The molecule has 3 aliphatic rings. The number of nitrogens with zero attached hydrogens (tertiary/aromatic N) is 4. The van der Waals surface area contributed by atoms with E-state index in [1.54, 1.807) is 6.26 Å². The van der Waals surface area contributed by atoms with Crippen LogP contribution in [0.1, 0.15) is 66.1 Å². The molecule has 0 amide bonds. The molecule has 1 unspecified atom stereocenters. The lowest BCUT2D eigenvalue weighted by molar-refractivity contribution is -0.0208. The molecule has 1 N–H and O–H groups in total. The van der Waals surface area contributed by atoms with Crippen molar-refractivity contribution >= 4 is 22.7 Å². The molecule has 208 valence electrons. The lowest BCUT2D eigenvalue weighted by Gasteiger charge is -2.30. The summed E-state index contributed by atoms with van der Waals surface area (Å²) >= 11 is 0. The van der Waals surface area contributed by atoms with Gasteiger partial charge in [0, 0.05) is 60.6 Å². The Bertz CT molecular complexity index is 1550.